The summed E-state index contributed by atoms with van der Waals surface area (Å²) in [6, 6.07) is 10.9. The molecule has 0 radical (unpaired) electrons. The molecule has 3 N–H and O–H groups in total. The van der Waals surface area contributed by atoms with Gasteiger partial charge in [-0.05, 0) is 17.0 Å². The molecule has 2 rings (SSSR count). The van der Waals surface area contributed by atoms with Crippen molar-refractivity contribution < 1.29 is 20.1 Å². The number of ether oxygens (including phenoxy) is 1. The van der Waals surface area contributed by atoms with Gasteiger partial charge in [0.15, 0.2) is 0 Å². The average Bonchev–Trinajstić information content (AvgIpc) is 2.44. The van der Waals surface area contributed by atoms with Gasteiger partial charge in [-0.15, -0.1) is 0 Å². The van der Waals surface area contributed by atoms with E-state index in [0.717, 1.165) is 10.8 Å². The first kappa shape index (κ1) is 12.8. The van der Waals surface area contributed by atoms with Crippen molar-refractivity contribution in [3.05, 3.63) is 42.0 Å². The maximum Gasteiger partial charge on any atom is 0.126 e. The molecule has 2 aromatic rings. The highest BCUT2D eigenvalue weighted by Gasteiger charge is 2.20. The minimum absolute atomic E-state index is 0.485. The van der Waals surface area contributed by atoms with Crippen LogP contribution in [0.15, 0.2) is 36.4 Å². The molecule has 0 saturated carbocycles. The van der Waals surface area contributed by atoms with Crippen LogP contribution in [0.3, 0.4) is 0 Å². The molecule has 2 aromatic carbocycles. The highest BCUT2D eigenvalue weighted by Crippen LogP contribution is 2.32. The van der Waals surface area contributed by atoms with Gasteiger partial charge >= 0.3 is 0 Å². The number of benzene rings is 2. The molecule has 4 nitrogen and oxygen atoms in total. The Labute approximate surface area is 105 Å². The lowest BCUT2D eigenvalue weighted by atomic mass is 9.97. The third-order valence-electron chi connectivity index (χ3n) is 3.01. The van der Waals surface area contributed by atoms with Gasteiger partial charge in [0.2, 0.25) is 0 Å². The molecule has 2 unspecified atom stereocenters. The number of aliphatic hydroxyl groups excluding tert-OH is 3. The Morgan fingerprint density at radius 2 is 1.72 bits per heavy atom. The van der Waals surface area contributed by atoms with E-state index in [1.54, 1.807) is 19.2 Å². The number of methoxy groups -OCH3 is 1. The second kappa shape index (κ2) is 5.35. The molecule has 0 fully saturated rings. The minimum atomic E-state index is -1.19. The van der Waals surface area contributed by atoms with Gasteiger partial charge in [-0.2, -0.15) is 0 Å². The molecule has 0 aliphatic carbocycles. The van der Waals surface area contributed by atoms with E-state index in [4.69, 9.17) is 9.84 Å². The van der Waals surface area contributed by atoms with Gasteiger partial charge < -0.3 is 20.1 Å². The molecule has 0 amide bonds. The first-order valence-corrected chi connectivity index (χ1v) is 5.71. The van der Waals surface area contributed by atoms with Gasteiger partial charge in [-0.25, -0.2) is 0 Å². The lowest BCUT2D eigenvalue weighted by Gasteiger charge is -2.18. The summed E-state index contributed by atoms with van der Waals surface area (Å²) in [5, 5.41) is 30.1. The largest absolute Gasteiger partial charge is 0.496 e. The number of fused-ring (bicyclic) bond motifs is 1. The molecular weight excluding hydrogens is 232 g/mol. The third kappa shape index (κ3) is 2.18. The fourth-order valence-corrected chi connectivity index (χ4v) is 2.04. The zero-order valence-electron chi connectivity index (χ0n) is 10.1. The molecule has 0 spiro atoms. The Bertz CT molecular complexity index is 538. The Hall–Kier alpha value is -1.62. The quantitative estimate of drug-likeness (QED) is 0.761. The van der Waals surface area contributed by atoms with Crippen molar-refractivity contribution in [3.63, 3.8) is 0 Å². The van der Waals surface area contributed by atoms with Crippen LogP contribution in [-0.4, -0.2) is 35.1 Å². The molecular formula is C14H16O4. The van der Waals surface area contributed by atoms with Crippen LogP contribution in [-0.2, 0) is 0 Å². The summed E-state index contributed by atoms with van der Waals surface area (Å²) in [5.41, 5.74) is 0.577. The zero-order valence-corrected chi connectivity index (χ0v) is 10.1. The normalized spacial score (nSPS) is 14.4. The summed E-state index contributed by atoms with van der Waals surface area (Å²) in [4.78, 5) is 0. The monoisotopic (exact) mass is 248 g/mol. The van der Waals surface area contributed by atoms with Crippen molar-refractivity contribution in [1.82, 2.24) is 0 Å². The molecule has 0 saturated heterocycles. The average molecular weight is 248 g/mol. The van der Waals surface area contributed by atoms with E-state index < -0.39 is 18.8 Å². The van der Waals surface area contributed by atoms with E-state index >= 15 is 0 Å². The SMILES string of the molecule is COc1ccc(C(O)C(O)CO)c2ccccc12. The maximum atomic E-state index is 10.00. The predicted molar refractivity (Wildman–Crippen MR) is 68.6 cm³/mol. The number of hydrogen-bond donors (Lipinski definition) is 3. The van der Waals surface area contributed by atoms with E-state index in [-0.39, 0.29) is 0 Å². The fraction of sp³-hybridized carbons (Fsp3) is 0.286. The van der Waals surface area contributed by atoms with Gasteiger partial charge in [0, 0.05) is 5.39 Å². The number of hydrogen-bond acceptors (Lipinski definition) is 4. The van der Waals surface area contributed by atoms with E-state index in [9.17, 15) is 10.2 Å². The van der Waals surface area contributed by atoms with Crippen LogP contribution in [0.1, 0.15) is 11.7 Å². The minimum Gasteiger partial charge on any atom is -0.496 e. The van der Waals surface area contributed by atoms with Crippen LogP contribution in [0.4, 0.5) is 0 Å². The predicted octanol–water partition coefficient (Wildman–Crippen LogP) is 1.23. The van der Waals surface area contributed by atoms with Crippen molar-refractivity contribution in [3.8, 4) is 5.75 Å². The van der Waals surface area contributed by atoms with E-state index in [1.165, 1.54) is 0 Å². The Morgan fingerprint density at radius 1 is 1.06 bits per heavy atom. The molecule has 0 aromatic heterocycles. The summed E-state index contributed by atoms with van der Waals surface area (Å²) in [6.45, 7) is -0.485. The topological polar surface area (TPSA) is 69.9 Å². The molecule has 96 valence electrons. The summed E-state index contributed by atoms with van der Waals surface area (Å²) in [6.07, 6.45) is -2.31. The van der Waals surface area contributed by atoms with Gasteiger partial charge in [0.05, 0.1) is 13.7 Å². The van der Waals surface area contributed by atoms with Crippen LogP contribution >= 0.6 is 0 Å². The van der Waals surface area contributed by atoms with Crippen LogP contribution in [0.25, 0.3) is 10.8 Å². The van der Waals surface area contributed by atoms with E-state index in [1.807, 2.05) is 24.3 Å². The first-order chi connectivity index (χ1) is 8.69. The lowest BCUT2D eigenvalue weighted by Crippen LogP contribution is -2.22. The van der Waals surface area contributed by atoms with Crippen LogP contribution in [0.5, 0.6) is 5.75 Å². The van der Waals surface area contributed by atoms with Crippen molar-refractivity contribution in [2.75, 3.05) is 13.7 Å². The van der Waals surface area contributed by atoms with Crippen LogP contribution < -0.4 is 4.74 Å². The van der Waals surface area contributed by atoms with Gasteiger partial charge in [-0.3, -0.25) is 0 Å². The van der Waals surface area contributed by atoms with E-state index in [0.29, 0.717) is 11.3 Å². The molecule has 4 heteroatoms. The van der Waals surface area contributed by atoms with Gasteiger partial charge in [-0.1, -0.05) is 30.3 Å². The lowest BCUT2D eigenvalue weighted by molar-refractivity contribution is -0.0145. The van der Waals surface area contributed by atoms with Crippen molar-refractivity contribution in [1.29, 1.82) is 0 Å². The van der Waals surface area contributed by atoms with Gasteiger partial charge in [0.25, 0.3) is 0 Å². The molecule has 0 bridgehead atoms. The number of aliphatic hydroxyl groups is 3. The molecule has 0 aliphatic heterocycles. The third-order valence-corrected chi connectivity index (χ3v) is 3.01. The van der Waals surface area contributed by atoms with Crippen LogP contribution in [0.2, 0.25) is 0 Å². The summed E-state index contributed by atoms with van der Waals surface area (Å²) < 4.78 is 5.26. The fourth-order valence-electron chi connectivity index (χ4n) is 2.04. The molecule has 0 aliphatic rings. The summed E-state index contributed by atoms with van der Waals surface area (Å²) in [7, 11) is 1.58. The first-order valence-electron chi connectivity index (χ1n) is 5.71. The molecule has 18 heavy (non-hydrogen) atoms. The second-order valence-electron chi connectivity index (χ2n) is 4.10. The summed E-state index contributed by atoms with van der Waals surface area (Å²) >= 11 is 0. The van der Waals surface area contributed by atoms with Gasteiger partial charge in [0.1, 0.15) is 18.0 Å². The van der Waals surface area contributed by atoms with Crippen molar-refractivity contribution >= 4 is 10.8 Å². The Kier molecular flexibility index (Phi) is 3.81. The van der Waals surface area contributed by atoms with Crippen molar-refractivity contribution in [2.45, 2.75) is 12.2 Å². The smallest absolute Gasteiger partial charge is 0.126 e. The number of rotatable bonds is 4. The Morgan fingerprint density at radius 3 is 2.33 bits per heavy atom. The highest BCUT2D eigenvalue weighted by atomic mass is 16.5. The summed E-state index contributed by atoms with van der Waals surface area (Å²) in [5.74, 6) is 0.708. The Balaban J connectivity index is 2.59. The second-order valence-corrected chi connectivity index (χ2v) is 4.10. The van der Waals surface area contributed by atoms with Crippen LogP contribution in [0, 0.1) is 0 Å². The maximum absolute atomic E-state index is 10.00. The van der Waals surface area contributed by atoms with Crippen molar-refractivity contribution in [2.24, 2.45) is 0 Å². The molecule has 2 atom stereocenters. The highest BCUT2D eigenvalue weighted by molar-refractivity contribution is 5.91. The zero-order chi connectivity index (χ0) is 13.1. The van der Waals surface area contributed by atoms with E-state index in [2.05, 4.69) is 0 Å². The standard InChI is InChI=1S/C14H16O4/c1-18-13-7-6-11(14(17)12(16)8-15)9-4-2-3-5-10(9)13/h2-7,12,14-17H,8H2,1H3. The molecule has 0 heterocycles.